The molecule has 1 saturated heterocycles. The van der Waals surface area contributed by atoms with Crippen LogP contribution in [-0.2, 0) is 11.2 Å². The smallest absolute Gasteiger partial charge is 0.228 e. The fourth-order valence-corrected chi connectivity index (χ4v) is 3.97. The molecule has 6 nitrogen and oxygen atoms in total. The first kappa shape index (κ1) is 20.6. The Kier molecular flexibility index (Phi) is 6.86. The second-order valence-corrected chi connectivity index (χ2v) is 8.12. The summed E-state index contributed by atoms with van der Waals surface area (Å²) in [6.45, 7) is 8.15. The van der Waals surface area contributed by atoms with Gasteiger partial charge in [0.05, 0.1) is 12.1 Å². The molecule has 0 bridgehead atoms. The van der Waals surface area contributed by atoms with E-state index >= 15 is 0 Å². The molecule has 0 aliphatic carbocycles. The molecule has 152 valence electrons. The topological polar surface area (TPSA) is 52.8 Å². The summed E-state index contributed by atoms with van der Waals surface area (Å²) in [5, 5.41) is 4.10. The Balaban J connectivity index is 1.55. The summed E-state index contributed by atoms with van der Waals surface area (Å²) in [6, 6.07) is 12.5. The van der Waals surface area contributed by atoms with Gasteiger partial charge in [-0.1, -0.05) is 35.5 Å². The Labute approximate surface area is 168 Å². The lowest BCUT2D eigenvalue weighted by molar-refractivity contribution is -0.135. The molecule has 1 fully saturated rings. The fraction of sp³-hybridized carbons (Fsp3) is 0.545. The van der Waals surface area contributed by atoms with Gasteiger partial charge >= 0.3 is 0 Å². The van der Waals surface area contributed by atoms with Crippen LogP contribution in [0.25, 0.3) is 11.3 Å². The second-order valence-electron chi connectivity index (χ2n) is 8.12. The van der Waals surface area contributed by atoms with Crippen LogP contribution in [0, 0.1) is 0 Å². The largest absolute Gasteiger partial charge is 0.356 e. The van der Waals surface area contributed by atoms with Gasteiger partial charge in [-0.2, -0.15) is 0 Å². The summed E-state index contributed by atoms with van der Waals surface area (Å²) < 4.78 is 5.43. The van der Waals surface area contributed by atoms with E-state index in [1.54, 1.807) is 0 Å². The predicted molar refractivity (Wildman–Crippen MR) is 111 cm³/mol. The zero-order valence-corrected chi connectivity index (χ0v) is 17.5. The van der Waals surface area contributed by atoms with E-state index in [4.69, 9.17) is 4.52 Å². The van der Waals surface area contributed by atoms with E-state index in [2.05, 4.69) is 42.9 Å². The molecule has 2 atom stereocenters. The van der Waals surface area contributed by atoms with Gasteiger partial charge in [-0.05, 0) is 40.9 Å². The van der Waals surface area contributed by atoms with Crippen LogP contribution in [0.1, 0.15) is 26.0 Å². The normalized spacial score (nSPS) is 20.7. The summed E-state index contributed by atoms with van der Waals surface area (Å²) >= 11 is 0. The third-order valence-electron chi connectivity index (χ3n) is 5.43. The van der Waals surface area contributed by atoms with Crippen LogP contribution >= 0.6 is 0 Å². The number of piperazine rings is 1. The number of hydrogen-bond donors (Lipinski definition) is 0. The Morgan fingerprint density at radius 2 is 1.86 bits per heavy atom. The number of carbonyl (C=O) groups is 1. The van der Waals surface area contributed by atoms with E-state index in [-0.39, 0.29) is 12.3 Å². The van der Waals surface area contributed by atoms with E-state index in [0.29, 0.717) is 23.5 Å². The van der Waals surface area contributed by atoms with Crippen LogP contribution in [0.3, 0.4) is 0 Å². The van der Waals surface area contributed by atoms with E-state index in [0.717, 1.165) is 38.2 Å². The molecule has 1 aromatic carbocycles. The third kappa shape index (κ3) is 5.20. The van der Waals surface area contributed by atoms with Crippen molar-refractivity contribution in [3.05, 3.63) is 42.1 Å². The number of hydrogen-bond acceptors (Lipinski definition) is 5. The molecule has 28 heavy (non-hydrogen) atoms. The minimum atomic E-state index is 0.125. The SMILES string of the molecule is CC1CN(C(=O)Cc2cc(-c3ccccc3)on2)CC(C)N1CCCN(C)C. The molecule has 3 rings (SSSR count). The monoisotopic (exact) mass is 384 g/mol. The van der Waals surface area contributed by atoms with Gasteiger partial charge in [-0.3, -0.25) is 9.69 Å². The van der Waals surface area contributed by atoms with Crippen LogP contribution in [0.2, 0.25) is 0 Å². The van der Waals surface area contributed by atoms with Crippen molar-refractivity contribution in [2.24, 2.45) is 0 Å². The van der Waals surface area contributed by atoms with E-state index in [1.807, 2.05) is 41.3 Å². The molecule has 6 heteroatoms. The highest BCUT2D eigenvalue weighted by Crippen LogP contribution is 2.21. The highest BCUT2D eigenvalue weighted by Gasteiger charge is 2.31. The quantitative estimate of drug-likeness (QED) is 0.735. The zero-order chi connectivity index (χ0) is 20.1. The summed E-state index contributed by atoms with van der Waals surface area (Å²) in [5.41, 5.74) is 1.67. The maximum Gasteiger partial charge on any atom is 0.228 e. The molecule has 0 spiro atoms. The molecular formula is C22H32N4O2. The van der Waals surface area contributed by atoms with Gasteiger partial charge in [0.2, 0.25) is 5.91 Å². The molecule has 0 radical (unpaired) electrons. The fourth-order valence-electron chi connectivity index (χ4n) is 3.97. The molecule has 2 heterocycles. The Hall–Kier alpha value is -2.18. The summed E-state index contributed by atoms with van der Waals surface area (Å²) in [5.74, 6) is 0.829. The second kappa shape index (κ2) is 9.34. The standard InChI is InChI=1S/C22H32N4O2/c1-17-15-25(16-18(2)26(17)12-8-11-24(3)4)22(27)14-20-13-21(28-23-20)19-9-6-5-7-10-19/h5-7,9-10,13,17-18H,8,11-12,14-16H2,1-4H3. The molecule has 2 aromatic rings. The lowest BCUT2D eigenvalue weighted by atomic mass is 10.1. The maximum atomic E-state index is 12.8. The van der Waals surface area contributed by atoms with Crippen LogP contribution in [0.5, 0.6) is 0 Å². The molecule has 1 aliphatic heterocycles. The number of amides is 1. The lowest BCUT2D eigenvalue weighted by Crippen LogP contribution is -2.58. The van der Waals surface area contributed by atoms with Gasteiger partial charge in [0.15, 0.2) is 5.76 Å². The number of carbonyl (C=O) groups excluding carboxylic acids is 1. The van der Waals surface area contributed by atoms with Crippen LogP contribution in [0.15, 0.2) is 40.9 Å². The van der Waals surface area contributed by atoms with E-state index in [9.17, 15) is 4.79 Å². The molecule has 0 saturated carbocycles. The van der Waals surface area contributed by atoms with Gasteiger partial charge in [0, 0.05) is 43.3 Å². The summed E-state index contributed by atoms with van der Waals surface area (Å²) in [7, 11) is 4.22. The zero-order valence-electron chi connectivity index (χ0n) is 17.5. The minimum Gasteiger partial charge on any atom is -0.356 e. The van der Waals surface area contributed by atoms with E-state index in [1.165, 1.54) is 0 Å². The Morgan fingerprint density at radius 1 is 1.18 bits per heavy atom. The van der Waals surface area contributed by atoms with Crippen molar-refractivity contribution in [2.45, 2.75) is 38.8 Å². The van der Waals surface area contributed by atoms with Crippen molar-refractivity contribution < 1.29 is 9.32 Å². The third-order valence-corrected chi connectivity index (χ3v) is 5.43. The number of nitrogens with zero attached hydrogens (tertiary/aromatic N) is 4. The minimum absolute atomic E-state index is 0.125. The molecular weight excluding hydrogens is 352 g/mol. The molecule has 0 N–H and O–H groups in total. The van der Waals surface area contributed by atoms with Gasteiger partial charge < -0.3 is 14.3 Å². The first-order valence-electron chi connectivity index (χ1n) is 10.1. The van der Waals surface area contributed by atoms with Crippen LogP contribution in [-0.4, -0.2) is 78.1 Å². The highest BCUT2D eigenvalue weighted by atomic mass is 16.5. The molecule has 1 aromatic heterocycles. The van der Waals surface area contributed by atoms with Crippen molar-refractivity contribution >= 4 is 5.91 Å². The average molecular weight is 385 g/mol. The lowest BCUT2D eigenvalue weighted by Gasteiger charge is -2.44. The van der Waals surface area contributed by atoms with Crippen molar-refractivity contribution in [2.75, 3.05) is 40.3 Å². The van der Waals surface area contributed by atoms with Crippen molar-refractivity contribution in [1.29, 1.82) is 0 Å². The molecule has 2 unspecified atom stereocenters. The van der Waals surface area contributed by atoms with E-state index < -0.39 is 0 Å². The highest BCUT2D eigenvalue weighted by molar-refractivity contribution is 5.79. The Morgan fingerprint density at radius 3 is 2.50 bits per heavy atom. The first-order valence-corrected chi connectivity index (χ1v) is 10.1. The van der Waals surface area contributed by atoms with Crippen molar-refractivity contribution in [3.63, 3.8) is 0 Å². The summed E-state index contributed by atoms with van der Waals surface area (Å²) in [6.07, 6.45) is 1.44. The Bertz CT molecular complexity index is 747. The van der Waals surface area contributed by atoms with Gasteiger partial charge in [0.25, 0.3) is 0 Å². The maximum absolute atomic E-state index is 12.8. The number of aromatic nitrogens is 1. The average Bonchev–Trinajstić information content (AvgIpc) is 3.12. The summed E-state index contributed by atoms with van der Waals surface area (Å²) in [4.78, 5) is 19.6. The van der Waals surface area contributed by atoms with Crippen LogP contribution in [0.4, 0.5) is 0 Å². The van der Waals surface area contributed by atoms with Gasteiger partial charge in [-0.25, -0.2) is 0 Å². The van der Waals surface area contributed by atoms with Crippen molar-refractivity contribution in [3.8, 4) is 11.3 Å². The van der Waals surface area contributed by atoms with Gasteiger partial charge in [0.1, 0.15) is 0 Å². The first-order chi connectivity index (χ1) is 13.4. The number of rotatable bonds is 7. The van der Waals surface area contributed by atoms with Gasteiger partial charge in [-0.15, -0.1) is 0 Å². The predicted octanol–water partition coefficient (Wildman–Crippen LogP) is 2.76. The molecule has 1 aliphatic rings. The number of benzene rings is 1. The molecule has 1 amide bonds. The van der Waals surface area contributed by atoms with Crippen molar-refractivity contribution in [1.82, 2.24) is 19.9 Å². The van der Waals surface area contributed by atoms with Crippen LogP contribution < -0.4 is 0 Å².